The van der Waals surface area contributed by atoms with Crippen molar-refractivity contribution in [1.82, 2.24) is 0 Å². The van der Waals surface area contributed by atoms with Crippen LogP contribution in [0.5, 0.6) is 0 Å². The van der Waals surface area contributed by atoms with Crippen molar-refractivity contribution in [3.8, 4) is 0 Å². The second-order valence-electron chi connectivity index (χ2n) is 5.27. The Balaban J connectivity index is 1.98. The first-order valence-corrected chi connectivity index (χ1v) is 7.16. The number of amides is 1. The number of carbonyl (C=O) groups is 1. The third-order valence-corrected chi connectivity index (χ3v) is 3.82. The van der Waals surface area contributed by atoms with Crippen molar-refractivity contribution in [3.63, 3.8) is 0 Å². The molecule has 1 aliphatic rings. The summed E-state index contributed by atoms with van der Waals surface area (Å²) in [6, 6.07) is 6.17. The van der Waals surface area contributed by atoms with E-state index >= 15 is 0 Å². The van der Waals surface area contributed by atoms with E-state index in [4.69, 9.17) is 4.74 Å². The fourth-order valence-corrected chi connectivity index (χ4v) is 2.61. The van der Waals surface area contributed by atoms with Gasteiger partial charge >= 0.3 is 0 Å². The standard InChI is InChI=1S/C16H23NO2/c1-3-14-6-4-5-12(2)16(14)17-15(18)11-13-7-9-19-10-8-13/h4-6,13H,3,7-11H2,1-2H3,(H,17,18). The summed E-state index contributed by atoms with van der Waals surface area (Å²) in [5.41, 5.74) is 3.35. The highest BCUT2D eigenvalue weighted by Crippen LogP contribution is 2.23. The summed E-state index contributed by atoms with van der Waals surface area (Å²) in [6.07, 6.45) is 3.55. The van der Waals surface area contributed by atoms with Gasteiger partial charge in [-0.2, -0.15) is 0 Å². The Kier molecular flexibility index (Phi) is 4.97. The van der Waals surface area contributed by atoms with Crippen LogP contribution in [-0.2, 0) is 16.0 Å². The Labute approximate surface area is 115 Å². The highest BCUT2D eigenvalue weighted by Gasteiger charge is 2.18. The maximum absolute atomic E-state index is 12.1. The molecule has 1 N–H and O–H groups in total. The smallest absolute Gasteiger partial charge is 0.224 e. The van der Waals surface area contributed by atoms with Crippen LogP contribution in [0, 0.1) is 12.8 Å². The minimum Gasteiger partial charge on any atom is -0.381 e. The van der Waals surface area contributed by atoms with E-state index in [2.05, 4.69) is 18.3 Å². The van der Waals surface area contributed by atoms with E-state index in [1.807, 2.05) is 19.1 Å². The summed E-state index contributed by atoms with van der Waals surface area (Å²) in [7, 11) is 0. The van der Waals surface area contributed by atoms with Crippen molar-refractivity contribution in [1.29, 1.82) is 0 Å². The van der Waals surface area contributed by atoms with Crippen molar-refractivity contribution in [2.24, 2.45) is 5.92 Å². The lowest BCUT2D eigenvalue weighted by atomic mass is 9.96. The summed E-state index contributed by atoms with van der Waals surface area (Å²) in [5, 5.41) is 3.10. The van der Waals surface area contributed by atoms with Gasteiger partial charge in [-0.1, -0.05) is 25.1 Å². The summed E-state index contributed by atoms with van der Waals surface area (Å²) < 4.78 is 5.32. The van der Waals surface area contributed by atoms with Crippen LogP contribution in [0.25, 0.3) is 0 Å². The third kappa shape index (κ3) is 3.80. The number of ether oxygens (including phenoxy) is 1. The number of carbonyl (C=O) groups excluding carboxylic acids is 1. The highest BCUT2D eigenvalue weighted by molar-refractivity contribution is 5.92. The molecule has 0 saturated carbocycles. The molecule has 104 valence electrons. The van der Waals surface area contributed by atoms with Gasteiger partial charge in [0.1, 0.15) is 0 Å². The van der Waals surface area contributed by atoms with Gasteiger partial charge in [-0.3, -0.25) is 4.79 Å². The van der Waals surface area contributed by atoms with E-state index in [1.54, 1.807) is 0 Å². The predicted octanol–water partition coefficient (Wildman–Crippen LogP) is 3.31. The van der Waals surface area contributed by atoms with Crippen molar-refractivity contribution in [2.45, 2.75) is 39.5 Å². The average Bonchev–Trinajstić information content (AvgIpc) is 2.42. The third-order valence-electron chi connectivity index (χ3n) is 3.82. The first-order chi connectivity index (χ1) is 9.20. The summed E-state index contributed by atoms with van der Waals surface area (Å²) in [5.74, 6) is 0.610. The molecule has 0 spiro atoms. The van der Waals surface area contributed by atoms with Gasteiger partial charge in [-0.15, -0.1) is 0 Å². The summed E-state index contributed by atoms with van der Waals surface area (Å²) in [6.45, 7) is 5.75. The fraction of sp³-hybridized carbons (Fsp3) is 0.562. The molecule has 0 bridgehead atoms. The van der Waals surface area contributed by atoms with E-state index < -0.39 is 0 Å². The average molecular weight is 261 g/mol. The van der Waals surface area contributed by atoms with E-state index in [-0.39, 0.29) is 5.91 Å². The second kappa shape index (κ2) is 6.71. The molecule has 2 rings (SSSR count). The summed E-state index contributed by atoms with van der Waals surface area (Å²) >= 11 is 0. The molecule has 0 aliphatic carbocycles. The first-order valence-electron chi connectivity index (χ1n) is 7.16. The SMILES string of the molecule is CCc1cccc(C)c1NC(=O)CC1CCOCC1. The fourth-order valence-electron chi connectivity index (χ4n) is 2.61. The monoisotopic (exact) mass is 261 g/mol. The lowest BCUT2D eigenvalue weighted by molar-refractivity contribution is -0.117. The van der Waals surface area contributed by atoms with Gasteiger partial charge in [0.05, 0.1) is 0 Å². The molecule has 19 heavy (non-hydrogen) atoms. The van der Waals surface area contributed by atoms with Gasteiger partial charge in [0.15, 0.2) is 0 Å². The Morgan fingerprint density at radius 1 is 1.37 bits per heavy atom. The van der Waals surface area contributed by atoms with E-state index in [9.17, 15) is 4.79 Å². The maximum atomic E-state index is 12.1. The minimum absolute atomic E-state index is 0.135. The Bertz CT molecular complexity index is 436. The molecule has 0 aromatic heterocycles. The van der Waals surface area contributed by atoms with E-state index in [0.29, 0.717) is 12.3 Å². The van der Waals surface area contributed by atoms with Crippen LogP contribution in [0.4, 0.5) is 5.69 Å². The molecule has 1 aromatic rings. The highest BCUT2D eigenvalue weighted by atomic mass is 16.5. The number of para-hydroxylation sites is 1. The molecule has 1 aliphatic heterocycles. The molecule has 0 unspecified atom stereocenters. The minimum atomic E-state index is 0.135. The van der Waals surface area contributed by atoms with Crippen molar-refractivity contribution in [2.75, 3.05) is 18.5 Å². The zero-order chi connectivity index (χ0) is 13.7. The van der Waals surface area contributed by atoms with Gasteiger partial charge < -0.3 is 10.1 Å². The largest absolute Gasteiger partial charge is 0.381 e. The van der Waals surface area contributed by atoms with Crippen molar-refractivity contribution in [3.05, 3.63) is 29.3 Å². The lowest BCUT2D eigenvalue weighted by Crippen LogP contribution is -2.22. The van der Waals surface area contributed by atoms with Gasteiger partial charge in [0.25, 0.3) is 0 Å². The molecule has 0 radical (unpaired) electrons. The van der Waals surface area contributed by atoms with Gasteiger partial charge in [-0.25, -0.2) is 0 Å². The molecule has 1 saturated heterocycles. The van der Waals surface area contributed by atoms with Crippen LogP contribution in [0.3, 0.4) is 0 Å². The molecule has 1 amide bonds. The molecule has 0 atom stereocenters. The van der Waals surface area contributed by atoms with Crippen LogP contribution >= 0.6 is 0 Å². The Hall–Kier alpha value is -1.35. The number of benzene rings is 1. The zero-order valence-electron chi connectivity index (χ0n) is 11.9. The molecule has 3 nitrogen and oxygen atoms in total. The van der Waals surface area contributed by atoms with Crippen LogP contribution in [0.1, 0.15) is 37.3 Å². The number of nitrogens with one attached hydrogen (secondary N) is 1. The molecule has 3 heteroatoms. The van der Waals surface area contributed by atoms with Gasteiger partial charge in [0, 0.05) is 25.3 Å². The molecule has 1 aromatic carbocycles. The van der Waals surface area contributed by atoms with Gasteiger partial charge in [0.2, 0.25) is 5.91 Å². The van der Waals surface area contributed by atoms with Crippen LogP contribution in [-0.4, -0.2) is 19.1 Å². The topological polar surface area (TPSA) is 38.3 Å². The number of hydrogen-bond donors (Lipinski definition) is 1. The quantitative estimate of drug-likeness (QED) is 0.903. The summed E-state index contributed by atoms with van der Waals surface area (Å²) in [4.78, 5) is 12.1. The molecule has 1 heterocycles. The van der Waals surface area contributed by atoms with Crippen LogP contribution in [0.2, 0.25) is 0 Å². The van der Waals surface area contributed by atoms with Crippen molar-refractivity contribution < 1.29 is 9.53 Å². The number of hydrogen-bond acceptors (Lipinski definition) is 2. The number of aryl methyl sites for hydroxylation is 2. The normalized spacial score (nSPS) is 16.3. The van der Waals surface area contributed by atoms with E-state index in [0.717, 1.165) is 43.7 Å². The second-order valence-corrected chi connectivity index (χ2v) is 5.27. The predicted molar refractivity (Wildman–Crippen MR) is 77.3 cm³/mol. The lowest BCUT2D eigenvalue weighted by Gasteiger charge is -2.22. The maximum Gasteiger partial charge on any atom is 0.224 e. The Morgan fingerprint density at radius 3 is 2.79 bits per heavy atom. The van der Waals surface area contributed by atoms with Crippen molar-refractivity contribution >= 4 is 11.6 Å². The Morgan fingerprint density at radius 2 is 2.11 bits per heavy atom. The zero-order valence-corrected chi connectivity index (χ0v) is 11.9. The van der Waals surface area contributed by atoms with Crippen LogP contribution < -0.4 is 5.32 Å². The van der Waals surface area contributed by atoms with Crippen LogP contribution in [0.15, 0.2) is 18.2 Å². The molecular weight excluding hydrogens is 238 g/mol. The number of anilines is 1. The first kappa shape index (κ1) is 14.1. The molecule has 1 fully saturated rings. The van der Waals surface area contributed by atoms with E-state index in [1.165, 1.54) is 5.56 Å². The van der Waals surface area contributed by atoms with Gasteiger partial charge in [-0.05, 0) is 43.2 Å². The molecular formula is C16H23NO2. The number of rotatable bonds is 4.